The van der Waals surface area contributed by atoms with Crippen molar-refractivity contribution in [1.82, 2.24) is 0 Å². The van der Waals surface area contributed by atoms with Gasteiger partial charge in [-0.25, -0.2) is 0 Å². The second-order valence-electron chi connectivity index (χ2n) is 2.71. The van der Waals surface area contributed by atoms with Crippen LogP contribution in [0.2, 0.25) is 0 Å². The minimum Gasteiger partial charge on any atom is -0.152 e. The lowest BCUT2D eigenvalue weighted by Gasteiger charge is -2.15. The minimum atomic E-state index is 0.397. The molecule has 0 aromatic carbocycles. The molecule has 0 saturated carbocycles. The third-order valence-corrected chi connectivity index (χ3v) is 1.90. The first-order chi connectivity index (χ1) is 3.56. The van der Waals surface area contributed by atoms with Gasteiger partial charge in [0.05, 0.1) is 0 Å². The predicted octanol–water partition coefficient (Wildman–Crippen LogP) is 2.70. The van der Waals surface area contributed by atoms with E-state index < -0.39 is 0 Å². The molecule has 1 heteroatoms. The molecule has 0 aromatic heterocycles. The van der Waals surface area contributed by atoms with Crippen LogP contribution >= 0.6 is 11.8 Å². The van der Waals surface area contributed by atoms with Crippen LogP contribution in [0.5, 0.6) is 0 Å². The van der Waals surface area contributed by atoms with Crippen LogP contribution in [0.25, 0.3) is 0 Å². The second-order valence-corrected chi connectivity index (χ2v) is 4.56. The van der Waals surface area contributed by atoms with Crippen LogP contribution in [-0.4, -0.2) is 10.5 Å². The topological polar surface area (TPSA) is 0 Å². The van der Waals surface area contributed by atoms with E-state index in [0.717, 1.165) is 5.75 Å². The highest BCUT2D eigenvalue weighted by Crippen LogP contribution is 2.22. The van der Waals surface area contributed by atoms with Gasteiger partial charge >= 0.3 is 0 Å². The van der Waals surface area contributed by atoms with Crippen LogP contribution in [0.1, 0.15) is 20.8 Å². The summed E-state index contributed by atoms with van der Waals surface area (Å²) in [6.45, 7) is 10.3. The van der Waals surface area contributed by atoms with E-state index in [0.29, 0.717) is 4.75 Å². The van der Waals surface area contributed by atoms with Gasteiger partial charge in [0, 0.05) is 10.5 Å². The summed E-state index contributed by atoms with van der Waals surface area (Å²) in [5.41, 5.74) is 0. The highest BCUT2D eigenvalue weighted by atomic mass is 32.2. The van der Waals surface area contributed by atoms with Crippen LogP contribution < -0.4 is 0 Å². The zero-order valence-corrected chi connectivity index (χ0v) is 6.72. The molecule has 8 heavy (non-hydrogen) atoms. The number of thioether (sulfide) groups is 1. The molecule has 0 aliphatic carbocycles. The Labute approximate surface area is 56.4 Å². The van der Waals surface area contributed by atoms with Gasteiger partial charge in [0.1, 0.15) is 0 Å². The zero-order chi connectivity index (χ0) is 6.62. The van der Waals surface area contributed by atoms with E-state index in [4.69, 9.17) is 0 Å². The molecule has 0 atom stereocenters. The Morgan fingerprint density at radius 1 is 1.50 bits per heavy atom. The fourth-order valence-corrected chi connectivity index (χ4v) is 0.927. The third-order valence-electron chi connectivity index (χ3n) is 0.634. The van der Waals surface area contributed by atoms with Crippen molar-refractivity contribution in [1.29, 1.82) is 0 Å². The molecule has 0 N–H and O–H groups in total. The molecule has 0 aromatic rings. The van der Waals surface area contributed by atoms with Crippen molar-refractivity contribution < 1.29 is 0 Å². The molecule has 0 amide bonds. The molecule has 0 saturated heterocycles. The first kappa shape index (κ1) is 8.09. The molecule has 0 aliphatic rings. The van der Waals surface area contributed by atoms with Crippen LogP contribution in [-0.2, 0) is 0 Å². The van der Waals surface area contributed by atoms with Crippen LogP contribution in [0.15, 0.2) is 12.7 Å². The zero-order valence-electron chi connectivity index (χ0n) is 5.90. The first-order valence-corrected chi connectivity index (χ1v) is 3.79. The van der Waals surface area contributed by atoms with Crippen molar-refractivity contribution in [2.24, 2.45) is 0 Å². The van der Waals surface area contributed by atoms with Crippen LogP contribution in [0.3, 0.4) is 0 Å². The fourth-order valence-electron chi connectivity index (χ4n) is 0.309. The Balaban J connectivity index is 3.24. The molecular formula is C7H14S. The van der Waals surface area contributed by atoms with Gasteiger partial charge in [-0.15, -0.1) is 6.58 Å². The van der Waals surface area contributed by atoms with Crippen molar-refractivity contribution in [2.45, 2.75) is 25.5 Å². The normalized spacial score (nSPS) is 11.4. The Bertz CT molecular complexity index is 68.9. The van der Waals surface area contributed by atoms with Gasteiger partial charge in [0.15, 0.2) is 0 Å². The van der Waals surface area contributed by atoms with Gasteiger partial charge in [-0.2, -0.15) is 11.8 Å². The minimum absolute atomic E-state index is 0.397. The summed E-state index contributed by atoms with van der Waals surface area (Å²) in [6, 6.07) is 0. The molecule has 0 spiro atoms. The molecule has 0 rings (SSSR count). The molecule has 0 nitrogen and oxygen atoms in total. The Morgan fingerprint density at radius 3 is 2.12 bits per heavy atom. The van der Waals surface area contributed by atoms with Crippen molar-refractivity contribution in [3.63, 3.8) is 0 Å². The molecule has 48 valence electrons. The maximum atomic E-state index is 3.64. The summed E-state index contributed by atoms with van der Waals surface area (Å²) in [5, 5.41) is 0. The second kappa shape index (κ2) is 3.18. The van der Waals surface area contributed by atoms with Crippen molar-refractivity contribution >= 4 is 11.8 Å². The summed E-state index contributed by atoms with van der Waals surface area (Å²) < 4.78 is 0.397. The summed E-state index contributed by atoms with van der Waals surface area (Å²) in [6.07, 6.45) is 1.94. The number of hydrogen-bond acceptors (Lipinski definition) is 1. The predicted molar refractivity (Wildman–Crippen MR) is 42.4 cm³/mol. The lowest BCUT2D eigenvalue weighted by molar-refractivity contribution is 0.804. The summed E-state index contributed by atoms with van der Waals surface area (Å²) in [7, 11) is 0. The lowest BCUT2D eigenvalue weighted by Crippen LogP contribution is -2.07. The maximum Gasteiger partial charge on any atom is 0.0116 e. The van der Waals surface area contributed by atoms with E-state index in [1.54, 1.807) is 0 Å². The average Bonchev–Trinajstić information content (AvgIpc) is 1.59. The highest BCUT2D eigenvalue weighted by molar-refractivity contribution is 8.00. The van der Waals surface area contributed by atoms with E-state index in [-0.39, 0.29) is 0 Å². The summed E-state index contributed by atoms with van der Waals surface area (Å²) in [5.74, 6) is 1.06. The molecule has 0 bridgehead atoms. The van der Waals surface area contributed by atoms with Gasteiger partial charge in [-0.05, 0) is 0 Å². The van der Waals surface area contributed by atoms with Crippen LogP contribution in [0, 0.1) is 0 Å². The van der Waals surface area contributed by atoms with E-state index in [2.05, 4.69) is 27.4 Å². The number of rotatable bonds is 2. The van der Waals surface area contributed by atoms with E-state index >= 15 is 0 Å². The smallest absolute Gasteiger partial charge is 0.0116 e. The monoisotopic (exact) mass is 130 g/mol. The quantitative estimate of drug-likeness (QED) is 0.518. The van der Waals surface area contributed by atoms with E-state index in [1.807, 2.05) is 17.8 Å². The van der Waals surface area contributed by atoms with Crippen molar-refractivity contribution in [2.75, 3.05) is 5.75 Å². The van der Waals surface area contributed by atoms with Gasteiger partial charge in [-0.3, -0.25) is 0 Å². The molecule has 0 fully saturated rings. The number of hydrogen-bond donors (Lipinski definition) is 0. The highest BCUT2D eigenvalue weighted by Gasteiger charge is 2.07. The van der Waals surface area contributed by atoms with E-state index in [9.17, 15) is 0 Å². The van der Waals surface area contributed by atoms with E-state index in [1.165, 1.54) is 0 Å². The van der Waals surface area contributed by atoms with Gasteiger partial charge in [-0.1, -0.05) is 26.8 Å². The van der Waals surface area contributed by atoms with Crippen LogP contribution in [0.4, 0.5) is 0 Å². The Kier molecular flexibility index (Phi) is 3.22. The Hall–Kier alpha value is 0.0900. The first-order valence-electron chi connectivity index (χ1n) is 2.81. The van der Waals surface area contributed by atoms with Gasteiger partial charge in [0.25, 0.3) is 0 Å². The molecule has 0 aliphatic heterocycles. The largest absolute Gasteiger partial charge is 0.152 e. The van der Waals surface area contributed by atoms with Crippen molar-refractivity contribution in [3.8, 4) is 0 Å². The SMILES string of the molecule is C=CCSC(C)(C)C. The molecule has 0 radical (unpaired) electrons. The maximum absolute atomic E-state index is 3.64. The molecular weight excluding hydrogens is 116 g/mol. The van der Waals surface area contributed by atoms with Gasteiger partial charge < -0.3 is 0 Å². The summed E-state index contributed by atoms with van der Waals surface area (Å²) >= 11 is 1.92. The fraction of sp³-hybridized carbons (Fsp3) is 0.714. The molecule has 0 heterocycles. The Morgan fingerprint density at radius 2 is 2.00 bits per heavy atom. The van der Waals surface area contributed by atoms with Crippen molar-refractivity contribution in [3.05, 3.63) is 12.7 Å². The van der Waals surface area contributed by atoms with Gasteiger partial charge in [0.2, 0.25) is 0 Å². The third kappa shape index (κ3) is 6.09. The average molecular weight is 130 g/mol. The molecule has 0 unspecified atom stereocenters. The lowest BCUT2D eigenvalue weighted by atomic mass is 10.3. The standard InChI is InChI=1S/C7H14S/c1-5-6-8-7(2,3)4/h5H,1,6H2,2-4H3. The summed E-state index contributed by atoms with van der Waals surface area (Å²) in [4.78, 5) is 0.